The van der Waals surface area contributed by atoms with Crippen molar-refractivity contribution in [3.63, 3.8) is 0 Å². The van der Waals surface area contributed by atoms with Gasteiger partial charge in [0.2, 0.25) is 0 Å². The van der Waals surface area contributed by atoms with Gasteiger partial charge in [0, 0.05) is 20.1 Å². The molecule has 1 atom stereocenters. The molecule has 0 aromatic carbocycles. The number of amidine groups is 1. The van der Waals surface area contributed by atoms with Crippen LogP contribution in [0.3, 0.4) is 0 Å². The molecule has 0 spiro atoms. The minimum absolute atomic E-state index is 0.138. The van der Waals surface area contributed by atoms with Crippen molar-refractivity contribution < 1.29 is 5.21 Å². The number of oxime groups is 1. The van der Waals surface area contributed by atoms with E-state index in [1.165, 1.54) is 19.3 Å². The van der Waals surface area contributed by atoms with Crippen molar-refractivity contribution >= 4 is 11.7 Å². The molecule has 0 aliphatic carbocycles. The number of rotatable bonds is 4. The van der Waals surface area contributed by atoms with Crippen LogP contribution in [0, 0.1) is 12.8 Å². The van der Waals surface area contributed by atoms with Crippen molar-refractivity contribution in [3.8, 4) is 0 Å². The summed E-state index contributed by atoms with van der Waals surface area (Å²) in [5, 5.41) is 16.5. The lowest BCUT2D eigenvalue weighted by atomic mass is 10.0. The fourth-order valence-electron chi connectivity index (χ4n) is 3.03. The number of aromatic nitrogens is 2. The van der Waals surface area contributed by atoms with E-state index in [-0.39, 0.29) is 5.84 Å². The molecule has 1 aliphatic heterocycles. The number of nitrogens with zero attached hydrogens (tertiary/aromatic N) is 4. The second kappa shape index (κ2) is 5.50. The Morgan fingerprint density at radius 1 is 1.58 bits per heavy atom. The predicted octanol–water partition coefficient (Wildman–Crippen LogP) is 1.45. The van der Waals surface area contributed by atoms with E-state index in [1.54, 1.807) is 0 Å². The van der Waals surface area contributed by atoms with Gasteiger partial charge < -0.3 is 15.8 Å². The molecule has 2 heterocycles. The van der Waals surface area contributed by atoms with Crippen LogP contribution in [0.15, 0.2) is 5.16 Å². The molecular weight excluding hydrogens is 242 g/mol. The molecule has 106 valence electrons. The van der Waals surface area contributed by atoms with Crippen LogP contribution in [0.4, 0.5) is 5.82 Å². The number of anilines is 1. The second-order valence-electron chi connectivity index (χ2n) is 5.28. The Morgan fingerprint density at radius 2 is 2.32 bits per heavy atom. The van der Waals surface area contributed by atoms with Crippen LogP contribution >= 0.6 is 0 Å². The van der Waals surface area contributed by atoms with Gasteiger partial charge in [0.25, 0.3) is 0 Å². The van der Waals surface area contributed by atoms with Crippen LogP contribution in [-0.2, 0) is 7.05 Å². The Hall–Kier alpha value is -1.72. The third kappa shape index (κ3) is 2.52. The molecule has 1 aromatic rings. The first-order chi connectivity index (χ1) is 9.08. The molecule has 0 saturated carbocycles. The van der Waals surface area contributed by atoms with Gasteiger partial charge in [-0.25, -0.2) is 0 Å². The topological polar surface area (TPSA) is 79.7 Å². The van der Waals surface area contributed by atoms with E-state index in [1.807, 2.05) is 18.7 Å². The molecule has 2 rings (SSSR count). The molecule has 1 aromatic heterocycles. The highest BCUT2D eigenvalue weighted by Crippen LogP contribution is 2.30. The first kappa shape index (κ1) is 13.7. The molecule has 0 amide bonds. The quantitative estimate of drug-likeness (QED) is 0.374. The summed E-state index contributed by atoms with van der Waals surface area (Å²) in [6, 6.07) is 0. The van der Waals surface area contributed by atoms with Gasteiger partial charge in [-0.05, 0) is 25.7 Å². The largest absolute Gasteiger partial charge is 0.409 e. The van der Waals surface area contributed by atoms with Gasteiger partial charge in [0.15, 0.2) is 5.84 Å². The third-order valence-electron chi connectivity index (χ3n) is 3.84. The van der Waals surface area contributed by atoms with E-state index in [2.05, 4.69) is 22.1 Å². The Balaban J connectivity index is 2.30. The second-order valence-corrected chi connectivity index (χ2v) is 5.28. The average Bonchev–Trinajstić information content (AvgIpc) is 2.93. The molecule has 0 bridgehead atoms. The summed E-state index contributed by atoms with van der Waals surface area (Å²) in [6.07, 6.45) is 3.68. The summed E-state index contributed by atoms with van der Waals surface area (Å²) in [5.41, 5.74) is 7.34. The van der Waals surface area contributed by atoms with Crippen LogP contribution in [0.25, 0.3) is 0 Å². The van der Waals surface area contributed by atoms with E-state index in [0.717, 1.165) is 36.1 Å². The summed E-state index contributed by atoms with van der Waals surface area (Å²) in [4.78, 5) is 2.30. The smallest absolute Gasteiger partial charge is 0.175 e. The highest BCUT2D eigenvalue weighted by atomic mass is 16.4. The molecule has 3 N–H and O–H groups in total. The molecule has 19 heavy (non-hydrogen) atoms. The van der Waals surface area contributed by atoms with Crippen molar-refractivity contribution in [2.75, 3.05) is 18.0 Å². The van der Waals surface area contributed by atoms with Crippen molar-refractivity contribution in [2.24, 2.45) is 23.9 Å². The zero-order chi connectivity index (χ0) is 14.0. The molecular formula is C13H23N5O. The van der Waals surface area contributed by atoms with Crippen molar-refractivity contribution in [2.45, 2.75) is 33.1 Å². The van der Waals surface area contributed by atoms with Crippen molar-refractivity contribution in [3.05, 3.63) is 11.3 Å². The fraction of sp³-hybridized carbons (Fsp3) is 0.692. The minimum Gasteiger partial charge on any atom is -0.409 e. The van der Waals surface area contributed by atoms with Gasteiger partial charge in [-0.3, -0.25) is 4.68 Å². The Labute approximate surface area is 113 Å². The van der Waals surface area contributed by atoms with Crippen molar-refractivity contribution in [1.82, 2.24) is 9.78 Å². The monoisotopic (exact) mass is 265 g/mol. The Bertz CT molecular complexity index is 480. The lowest BCUT2D eigenvalue weighted by Gasteiger charge is -2.20. The highest BCUT2D eigenvalue weighted by Gasteiger charge is 2.28. The number of nitrogens with two attached hydrogens (primary N) is 1. The van der Waals surface area contributed by atoms with Gasteiger partial charge >= 0.3 is 0 Å². The molecule has 1 unspecified atom stereocenters. The average molecular weight is 265 g/mol. The lowest BCUT2D eigenvalue weighted by molar-refractivity contribution is 0.318. The van der Waals surface area contributed by atoms with Gasteiger partial charge in [0.05, 0.1) is 11.3 Å². The summed E-state index contributed by atoms with van der Waals surface area (Å²) < 4.78 is 1.83. The normalized spacial score (nSPS) is 20.3. The molecule has 1 aliphatic rings. The Morgan fingerprint density at radius 3 is 2.95 bits per heavy atom. The van der Waals surface area contributed by atoms with Crippen LogP contribution in [0.5, 0.6) is 0 Å². The molecule has 1 saturated heterocycles. The maximum atomic E-state index is 8.93. The Kier molecular flexibility index (Phi) is 3.97. The fourth-order valence-corrected chi connectivity index (χ4v) is 3.03. The molecule has 6 heteroatoms. The van der Waals surface area contributed by atoms with Crippen molar-refractivity contribution in [1.29, 1.82) is 0 Å². The molecule has 0 radical (unpaired) electrons. The number of hydrogen-bond acceptors (Lipinski definition) is 4. The van der Waals surface area contributed by atoms with Gasteiger partial charge in [-0.2, -0.15) is 5.10 Å². The maximum Gasteiger partial charge on any atom is 0.175 e. The minimum atomic E-state index is 0.138. The van der Waals surface area contributed by atoms with Gasteiger partial charge in [0.1, 0.15) is 5.82 Å². The zero-order valence-corrected chi connectivity index (χ0v) is 11.9. The molecule has 1 fully saturated rings. The zero-order valence-electron chi connectivity index (χ0n) is 11.9. The van der Waals surface area contributed by atoms with E-state index in [4.69, 9.17) is 10.9 Å². The molecule has 6 nitrogen and oxygen atoms in total. The van der Waals surface area contributed by atoms with E-state index in [0.29, 0.717) is 0 Å². The van der Waals surface area contributed by atoms with Crippen LogP contribution in [-0.4, -0.2) is 33.9 Å². The predicted molar refractivity (Wildman–Crippen MR) is 75.7 cm³/mol. The van der Waals surface area contributed by atoms with E-state index < -0.39 is 0 Å². The lowest BCUT2D eigenvalue weighted by Crippen LogP contribution is -2.26. The number of aryl methyl sites for hydroxylation is 2. The van der Waals surface area contributed by atoms with E-state index in [9.17, 15) is 0 Å². The first-order valence-corrected chi connectivity index (χ1v) is 6.84. The summed E-state index contributed by atoms with van der Waals surface area (Å²) in [5.74, 6) is 1.84. The SMILES string of the molecule is CCCC1CCN(c2c(C(N)=NO)c(C)nn2C)C1. The summed E-state index contributed by atoms with van der Waals surface area (Å²) in [7, 11) is 1.91. The standard InChI is InChI=1S/C13H23N5O/c1-4-5-10-6-7-18(8-10)13-11(12(14)16-19)9(2)15-17(13)3/h10,19H,4-8H2,1-3H3,(H2,14,16). The van der Waals surface area contributed by atoms with Gasteiger partial charge in [-0.15, -0.1) is 0 Å². The maximum absolute atomic E-state index is 8.93. The summed E-state index contributed by atoms with van der Waals surface area (Å²) >= 11 is 0. The van der Waals surface area contributed by atoms with Crippen LogP contribution in [0.2, 0.25) is 0 Å². The summed E-state index contributed by atoms with van der Waals surface area (Å²) in [6.45, 7) is 6.14. The van der Waals surface area contributed by atoms with Crippen LogP contribution in [0.1, 0.15) is 37.4 Å². The number of hydrogen-bond donors (Lipinski definition) is 2. The first-order valence-electron chi connectivity index (χ1n) is 6.84. The van der Waals surface area contributed by atoms with Gasteiger partial charge in [-0.1, -0.05) is 18.5 Å². The van der Waals surface area contributed by atoms with E-state index >= 15 is 0 Å². The highest BCUT2D eigenvalue weighted by molar-refractivity contribution is 6.02. The van der Waals surface area contributed by atoms with Crippen LogP contribution < -0.4 is 10.6 Å². The third-order valence-corrected chi connectivity index (χ3v) is 3.84.